The van der Waals surface area contributed by atoms with E-state index in [0.717, 1.165) is 12.1 Å². The number of para-hydroxylation sites is 1. The van der Waals surface area contributed by atoms with Gasteiger partial charge in [-0.1, -0.05) is 18.2 Å². The minimum atomic E-state index is -4.36. The van der Waals surface area contributed by atoms with Gasteiger partial charge >= 0.3 is 6.30 Å². The standard InChI is InChI=1S/C8H8F3N.C5H9N3/c1-6-4-2-3-5-7(6)12-8(9,10)11;6-2-1-5-3-7-4-8-5/h2-5,12H,1H3;3-4H,1-2,6H2,(H,7,8). The van der Waals surface area contributed by atoms with Gasteiger partial charge < -0.3 is 10.7 Å². The summed E-state index contributed by atoms with van der Waals surface area (Å²) in [5, 5.41) is 1.45. The molecule has 0 bridgehead atoms. The number of halogens is 3. The normalized spacial score (nSPS) is 10.7. The van der Waals surface area contributed by atoms with Crippen molar-refractivity contribution in [3.8, 4) is 0 Å². The summed E-state index contributed by atoms with van der Waals surface area (Å²) in [6.07, 6.45) is 0.0213. The van der Waals surface area contributed by atoms with Crippen LogP contribution in [0.5, 0.6) is 0 Å². The summed E-state index contributed by atoms with van der Waals surface area (Å²) in [6.45, 7) is 2.29. The van der Waals surface area contributed by atoms with Crippen molar-refractivity contribution in [2.45, 2.75) is 19.6 Å². The fraction of sp³-hybridized carbons (Fsp3) is 0.308. The molecule has 4 N–H and O–H groups in total. The molecule has 0 atom stereocenters. The molecule has 2 aromatic rings. The largest absolute Gasteiger partial charge is 0.482 e. The molecule has 0 radical (unpaired) electrons. The second-order valence-electron chi connectivity index (χ2n) is 4.04. The second-order valence-corrected chi connectivity index (χ2v) is 4.04. The Hall–Kier alpha value is -2.02. The number of nitrogens with two attached hydrogens (primary N) is 1. The third kappa shape index (κ3) is 6.24. The molecule has 2 rings (SSSR count). The van der Waals surface area contributed by atoms with E-state index in [4.69, 9.17) is 5.73 Å². The van der Waals surface area contributed by atoms with Crippen LogP contribution in [0.1, 0.15) is 11.3 Å². The Morgan fingerprint density at radius 1 is 1.30 bits per heavy atom. The highest BCUT2D eigenvalue weighted by Crippen LogP contribution is 2.22. The molecule has 7 heteroatoms. The fourth-order valence-electron chi connectivity index (χ4n) is 1.44. The monoisotopic (exact) mass is 286 g/mol. The van der Waals surface area contributed by atoms with E-state index >= 15 is 0 Å². The first-order valence-corrected chi connectivity index (χ1v) is 6.00. The molecule has 0 spiro atoms. The Balaban J connectivity index is 0.000000217. The van der Waals surface area contributed by atoms with Crippen molar-refractivity contribution in [2.24, 2.45) is 5.73 Å². The van der Waals surface area contributed by atoms with Crippen LogP contribution in [0.2, 0.25) is 0 Å². The van der Waals surface area contributed by atoms with Crippen molar-refractivity contribution >= 4 is 5.69 Å². The van der Waals surface area contributed by atoms with Crippen LogP contribution in [-0.2, 0) is 6.42 Å². The van der Waals surface area contributed by atoms with E-state index in [1.165, 1.54) is 11.4 Å². The molecule has 1 heterocycles. The lowest BCUT2D eigenvalue weighted by atomic mass is 10.2. The molecule has 0 aliphatic rings. The first-order valence-electron chi connectivity index (χ1n) is 6.00. The molecule has 0 aliphatic carbocycles. The number of imidazole rings is 1. The van der Waals surface area contributed by atoms with Gasteiger partial charge in [0, 0.05) is 18.3 Å². The average molecular weight is 286 g/mol. The van der Waals surface area contributed by atoms with Gasteiger partial charge in [0.2, 0.25) is 0 Å². The Bertz CT molecular complexity index is 495. The highest BCUT2D eigenvalue weighted by atomic mass is 19.4. The van der Waals surface area contributed by atoms with E-state index in [1.807, 2.05) is 6.20 Å². The maximum Gasteiger partial charge on any atom is 0.482 e. The van der Waals surface area contributed by atoms with E-state index in [9.17, 15) is 13.2 Å². The van der Waals surface area contributed by atoms with Gasteiger partial charge in [0.05, 0.1) is 12.0 Å². The Morgan fingerprint density at radius 3 is 2.50 bits per heavy atom. The molecule has 0 unspecified atom stereocenters. The molecule has 0 fully saturated rings. The van der Waals surface area contributed by atoms with Crippen molar-refractivity contribution in [1.82, 2.24) is 9.97 Å². The first kappa shape index (κ1) is 16.0. The van der Waals surface area contributed by atoms with E-state index in [-0.39, 0.29) is 5.69 Å². The number of nitrogens with zero attached hydrogens (tertiary/aromatic N) is 1. The molecule has 4 nitrogen and oxygen atoms in total. The van der Waals surface area contributed by atoms with Crippen LogP contribution in [0, 0.1) is 6.92 Å². The predicted octanol–water partition coefficient (Wildman–Crippen LogP) is 2.84. The van der Waals surface area contributed by atoms with Gasteiger partial charge in [-0.3, -0.25) is 5.32 Å². The van der Waals surface area contributed by atoms with E-state index < -0.39 is 6.30 Å². The SMILES string of the molecule is Cc1ccccc1NC(F)(F)F.NCCc1c[nH]cn1. The van der Waals surface area contributed by atoms with Crippen molar-refractivity contribution in [1.29, 1.82) is 0 Å². The molecule has 110 valence electrons. The molecule has 1 aromatic carbocycles. The molecule has 0 saturated heterocycles. The zero-order valence-electron chi connectivity index (χ0n) is 11.0. The lowest BCUT2D eigenvalue weighted by molar-refractivity contribution is -0.0999. The maximum atomic E-state index is 11.8. The number of H-pyrrole nitrogens is 1. The third-order valence-electron chi connectivity index (χ3n) is 2.38. The smallest absolute Gasteiger partial charge is 0.351 e. The number of benzene rings is 1. The summed E-state index contributed by atoms with van der Waals surface area (Å²) in [4.78, 5) is 6.82. The second kappa shape index (κ2) is 7.54. The highest BCUT2D eigenvalue weighted by molar-refractivity contribution is 5.50. The van der Waals surface area contributed by atoms with Crippen molar-refractivity contribution in [2.75, 3.05) is 11.9 Å². The summed E-state index contributed by atoms with van der Waals surface area (Å²) in [5.41, 5.74) is 6.98. The summed E-state index contributed by atoms with van der Waals surface area (Å²) in [6, 6.07) is 6.26. The topological polar surface area (TPSA) is 66.7 Å². The molecule has 20 heavy (non-hydrogen) atoms. The summed E-state index contributed by atoms with van der Waals surface area (Å²) >= 11 is 0. The molecule has 0 amide bonds. The minimum Gasteiger partial charge on any atom is -0.351 e. The molecular formula is C13H17F3N4. The average Bonchev–Trinajstić information content (AvgIpc) is 2.85. The van der Waals surface area contributed by atoms with Crippen LogP contribution < -0.4 is 11.1 Å². The van der Waals surface area contributed by atoms with Gasteiger partial charge in [-0.25, -0.2) is 4.98 Å². The maximum absolute atomic E-state index is 11.8. The fourth-order valence-corrected chi connectivity index (χ4v) is 1.44. The zero-order valence-corrected chi connectivity index (χ0v) is 11.0. The highest BCUT2D eigenvalue weighted by Gasteiger charge is 2.27. The van der Waals surface area contributed by atoms with E-state index in [0.29, 0.717) is 12.1 Å². The Morgan fingerprint density at radius 2 is 2.00 bits per heavy atom. The summed E-state index contributed by atoms with van der Waals surface area (Å²) in [5.74, 6) is 0. The van der Waals surface area contributed by atoms with Crippen LogP contribution in [0.25, 0.3) is 0 Å². The van der Waals surface area contributed by atoms with Gasteiger partial charge in [0.1, 0.15) is 0 Å². The van der Waals surface area contributed by atoms with E-state index in [1.54, 1.807) is 31.5 Å². The van der Waals surface area contributed by atoms with Gasteiger partial charge in [0.15, 0.2) is 0 Å². The molecule has 0 aliphatic heterocycles. The number of hydrogen-bond acceptors (Lipinski definition) is 3. The van der Waals surface area contributed by atoms with Crippen LogP contribution in [0.15, 0.2) is 36.8 Å². The summed E-state index contributed by atoms with van der Waals surface area (Å²) < 4.78 is 35.4. The lowest BCUT2D eigenvalue weighted by Crippen LogP contribution is -2.21. The van der Waals surface area contributed by atoms with Crippen LogP contribution >= 0.6 is 0 Å². The van der Waals surface area contributed by atoms with Crippen LogP contribution in [-0.4, -0.2) is 22.8 Å². The predicted molar refractivity (Wildman–Crippen MR) is 72.2 cm³/mol. The van der Waals surface area contributed by atoms with Crippen molar-refractivity contribution in [3.05, 3.63) is 48.0 Å². The molecular weight excluding hydrogens is 269 g/mol. The van der Waals surface area contributed by atoms with E-state index in [2.05, 4.69) is 9.97 Å². The number of hydrogen-bond donors (Lipinski definition) is 3. The number of nitrogens with one attached hydrogen (secondary N) is 2. The number of alkyl halides is 3. The molecule has 1 aromatic heterocycles. The number of anilines is 1. The minimum absolute atomic E-state index is 0.102. The van der Waals surface area contributed by atoms with Crippen molar-refractivity contribution < 1.29 is 13.2 Å². The van der Waals surface area contributed by atoms with Crippen molar-refractivity contribution in [3.63, 3.8) is 0 Å². The van der Waals surface area contributed by atoms with Crippen LogP contribution in [0.4, 0.5) is 18.9 Å². The van der Waals surface area contributed by atoms with Crippen LogP contribution in [0.3, 0.4) is 0 Å². The first-order chi connectivity index (χ1) is 9.42. The number of aromatic amines is 1. The van der Waals surface area contributed by atoms with Gasteiger partial charge in [-0.2, -0.15) is 13.2 Å². The lowest BCUT2D eigenvalue weighted by Gasteiger charge is -2.11. The van der Waals surface area contributed by atoms with Gasteiger partial charge in [-0.05, 0) is 25.1 Å². The Kier molecular flexibility index (Phi) is 6.05. The summed E-state index contributed by atoms with van der Waals surface area (Å²) in [7, 11) is 0. The third-order valence-corrected chi connectivity index (χ3v) is 2.38. The van der Waals surface area contributed by atoms with Gasteiger partial charge in [0.25, 0.3) is 0 Å². The molecule has 0 saturated carbocycles. The number of rotatable bonds is 3. The number of aromatic nitrogens is 2. The van der Waals surface area contributed by atoms with Gasteiger partial charge in [-0.15, -0.1) is 0 Å². The Labute approximate surface area is 115 Å². The quantitative estimate of drug-likeness (QED) is 0.760. The number of aryl methyl sites for hydroxylation is 1. The zero-order chi connectivity index (χ0) is 15.0.